The Hall–Kier alpha value is -0.870. The normalized spacial score (nSPS) is 17.1. The molecule has 4 nitrogen and oxygen atoms in total. The molecule has 1 aromatic rings. The lowest BCUT2D eigenvalue weighted by Gasteiger charge is -2.21. The van der Waals surface area contributed by atoms with Crippen LogP contribution < -0.4 is 5.32 Å². The lowest BCUT2D eigenvalue weighted by Crippen LogP contribution is -2.28. The summed E-state index contributed by atoms with van der Waals surface area (Å²) < 4.78 is 5.35. The van der Waals surface area contributed by atoms with E-state index in [1.165, 1.54) is 5.56 Å². The second-order valence-electron chi connectivity index (χ2n) is 4.55. The van der Waals surface area contributed by atoms with Crippen LogP contribution in [0.25, 0.3) is 0 Å². The van der Waals surface area contributed by atoms with Crippen molar-refractivity contribution in [1.82, 2.24) is 15.4 Å². The Labute approximate surface area is 90.6 Å². The Bertz CT molecular complexity index is 333. The van der Waals surface area contributed by atoms with Gasteiger partial charge < -0.3 is 14.7 Å². The van der Waals surface area contributed by atoms with Gasteiger partial charge in [0.15, 0.2) is 0 Å². The van der Waals surface area contributed by atoms with Crippen LogP contribution in [0.1, 0.15) is 30.9 Å². The van der Waals surface area contributed by atoms with Crippen molar-refractivity contribution in [3.63, 3.8) is 0 Å². The van der Waals surface area contributed by atoms with Crippen molar-refractivity contribution in [2.45, 2.75) is 39.4 Å². The number of hydrogen-bond donors (Lipinski definition) is 1. The van der Waals surface area contributed by atoms with Crippen LogP contribution in [0.2, 0.25) is 0 Å². The van der Waals surface area contributed by atoms with Crippen molar-refractivity contribution >= 4 is 0 Å². The molecular formula is C11H19N3O. The molecule has 0 bridgehead atoms. The molecule has 1 N–H and O–H groups in total. The fourth-order valence-corrected chi connectivity index (χ4v) is 1.84. The zero-order valence-corrected chi connectivity index (χ0v) is 9.71. The van der Waals surface area contributed by atoms with Gasteiger partial charge >= 0.3 is 0 Å². The van der Waals surface area contributed by atoms with Gasteiger partial charge in [-0.1, -0.05) is 19.0 Å². The summed E-state index contributed by atoms with van der Waals surface area (Å²) in [6.07, 6.45) is 0.987. The molecule has 15 heavy (non-hydrogen) atoms. The third-order valence-corrected chi connectivity index (χ3v) is 2.78. The van der Waals surface area contributed by atoms with Crippen molar-refractivity contribution in [2.75, 3.05) is 13.6 Å². The fraction of sp³-hybridized carbons (Fsp3) is 0.727. The summed E-state index contributed by atoms with van der Waals surface area (Å²) in [5.41, 5.74) is 2.36. The molecular weight excluding hydrogens is 190 g/mol. The standard InChI is InChI=1S/C11H19N3O/c1-8(2)12-6-10-9-7-14(3)5-4-11(9)15-13-10/h8,12H,4-7H2,1-3H3. The largest absolute Gasteiger partial charge is 0.361 e. The molecule has 0 spiro atoms. The first-order chi connectivity index (χ1) is 7.16. The molecule has 1 aliphatic rings. The second-order valence-corrected chi connectivity index (χ2v) is 4.55. The van der Waals surface area contributed by atoms with E-state index in [-0.39, 0.29) is 0 Å². The van der Waals surface area contributed by atoms with Crippen LogP contribution >= 0.6 is 0 Å². The predicted octanol–water partition coefficient (Wildman–Crippen LogP) is 1.16. The topological polar surface area (TPSA) is 41.3 Å². The van der Waals surface area contributed by atoms with Gasteiger partial charge in [0.05, 0.1) is 0 Å². The SMILES string of the molecule is CC(C)NCc1noc2c1CN(C)CC2. The van der Waals surface area contributed by atoms with E-state index in [0.717, 1.165) is 37.5 Å². The number of nitrogens with zero attached hydrogens (tertiary/aromatic N) is 2. The van der Waals surface area contributed by atoms with E-state index >= 15 is 0 Å². The van der Waals surface area contributed by atoms with E-state index in [1.54, 1.807) is 0 Å². The zero-order valence-electron chi connectivity index (χ0n) is 9.71. The van der Waals surface area contributed by atoms with E-state index in [0.29, 0.717) is 6.04 Å². The van der Waals surface area contributed by atoms with Gasteiger partial charge in [-0.15, -0.1) is 0 Å². The molecule has 4 heteroatoms. The summed E-state index contributed by atoms with van der Waals surface area (Å²) in [4.78, 5) is 2.30. The first kappa shape index (κ1) is 10.6. The summed E-state index contributed by atoms with van der Waals surface area (Å²) in [5, 5.41) is 7.51. The van der Waals surface area contributed by atoms with Gasteiger partial charge in [0.25, 0.3) is 0 Å². The summed E-state index contributed by atoms with van der Waals surface area (Å²) in [5.74, 6) is 1.08. The molecule has 1 aliphatic heterocycles. The Balaban J connectivity index is 2.09. The van der Waals surface area contributed by atoms with Crippen LogP contribution in [-0.2, 0) is 19.5 Å². The smallest absolute Gasteiger partial charge is 0.142 e. The molecule has 0 amide bonds. The van der Waals surface area contributed by atoms with Crippen molar-refractivity contribution in [2.24, 2.45) is 0 Å². The van der Waals surface area contributed by atoms with Gasteiger partial charge in [-0.3, -0.25) is 0 Å². The Morgan fingerprint density at radius 3 is 3.07 bits per heavy atom. The molecule has 84 valence electrons. The maximum absolute atomic E-state index is 5.35. The molecule has 0 saturated carbocycles. The molecule has 0 saturated heterocycles. The minimum atomic E-state index is 0.485. The first-order valence-corrected chi connectivity index (χ1v) is 5.55. The number of nitrogens with one attached hydrogen (secondary N) is 1. The van der Waals surface area contributed by atoms with E-state index < -0.39 is 0 Å². The molecule has 2 rings (SSSR count). The summed E-state index contributed by atoms with van der Waals surface area (Å²) in [6.45, 7) is 7.12. The quantitative estimate of drug-likeness (QED) is 0.811. The fourth-order valence-electron chi connectivity index (χ4n) is 1.84. The van der Waals surface area contributed by atoms with Gasteiger partial charge in [0, 0.05) is 37.7 Å². The minimum Gasteiger partial charge on any atom is -0.361 e. The highest BCUT2D eigenvalue weighted by atomic mass is 16.5. The molecule has 0 unspecified atom stereocenters. The van der Waals surface area contributed by atoms with Gasteiger partial charge in [-0.25, -0.2) is 0 Å². The Morgan fingerprint density at radius 1 is 1.53 bits per heavy atom. The number of hydrogen-bond acceptors (Lipinski definition) is 4. The molecule has 1 aromatic heterocycles. The number of rotatable bonds is 3. The third kappa shape index (κ3) is 2.38. The highest BCUT2D eigenvalue weighted by Gasteiger charge is 2.21. The van der Waals surface area contributed by atoms with Crippen molar-refractivity contribution in [3.05, 3.63) is 17.0 Å². The van der Waals surface area contributed by atoms with Crippen LogP contribution in [0.15, 0.2) is 4.52 Å². The van der Waals surface area contributed by atoms with Crippen molar-refractivity contribution in [3.8, 4) is 0 Å². The third-order valence-electron chi connectivity index (χ3n) is 2.78. The highest BCUT2D eigenvalue weighted by molar-refractivity contribution is 5.25. The van der Waals surface area contributed by atoms with Crippen molar-refractivity contribution in [1.29, 1.82) is 0 Å². The molecule has 0 aliphatic carbocycles. The van der Waals surface area contributed by atoms with Crippen LogP contribution in [0.4, 0.5) is 0 Å². The number of likely N-dealkylation sites (N-methyl/N-ethyl adjacent to an activating group) is 1. The van der Waals surface area contributed by atoms with E-state index in [4.69, 9.17) is 4.52 Å². The minimum absolute atomic E-state index is 0.485. The van der Waals surface area contributed by atoms with Crippen LogP contribution in [0, 0.1) is 0 Å². The average molecular weight is 209 g/mol. The maximum Gasteiger partial charge on any atom is 0.142 e. The molecule has 2 heterocycles. The number of aromatic nitrogens is 1. The second kappa shape index (κ2) is 4.33. The predicted molar refractivity (Wildman–Crippen MR) is 58.5 cm³/mol. The maximum atomic E-state index is 5.35. The van der Waals surface area contributed by atoms with Crippen LogP contribution in [0.5, 0.6) is 0 Å². The summed E-state index contributed by atoms with van der Waals surface area (Å²) >= 11 is 0. The van der Waals surface area contributed by atoms with Gasteiger partial charge in [0.2, 0.25) is 0 Å². The van der Waals surface area contributed by atoms with Crippen molar-refractivity contribution < 1.29 is 4.52 Å². The Morgan fingerprint density at radius 2 is 2.33 bits per heavy atom. The Kier molecular flexibility index (Phi) is 3.07. The van der Waals surface area contributed by atoms with E-state index in [1.807, 2.05) is 0 Å². The lowest BCUT2D eigenvalue weighted by molar-refractivity contribution is 0.281. The van der Waals surface area contributed by atoms with Crippen LogP contribution in [-0.4, -0.2) is 29.7 Å². The van der Waals surface area contributed by atoms with E-state index in [9.17, 15) is 0 Å². The molecule has 0 fully saturated rings. The van der Waals surface area contributed by atoms with Gasteiger partial charge in [-0.05, 0) is 7.05 Å². The number of fused-ring (bicyclic) bond motifs is 1. The summed E-state index contributed by atoms with van der Waals surface area (Å²) in [6, 6.07) is 0.485. The highest BCUT2D eigenvalue weighted by Crippen LogP contribution is 2.21. The monoisotopic (exact) mass is 209 g/mol. The first-order valence-electron chi connectivity index (χ1n) is 5.55. The molecule has 0 atom stereocenters. The van der Waals surface area contributed by atoms with Gasteiger partial charge in [0.1, 0.15) is 11.5 Å². The average Bonchev–Trinajstić information content (AvgIpc) is 2.57. The molecule has 0 radical (unpaired) electrons. The summed E-state index contributed by atoms with van der Waals surface area (Å²) in [7, 11) is 2.13. The molecule has 0 aromatic carbocycles. The van der Waals surface area contributed by atoms with Gasteiger partial charge in [-0.2, -0.15) is 0 Å². The van der Waals surface area contributed by atoms with E-state index in [2.05, 4.69) is 36.3 Å². The van der Waals surface area contributed by atoms with Crippen LogP contribution in [0.3, 0.4) is 0 Å². The lowest BCUT2D eigenvalue weighted by atomic mass is 10.1. The zero-order chi connectivity index (χ0) is 10.8.